The number of carbonyl (C=O) groups excluding carboxylic acids is 1. The Labute approximate surface area is 139 Å². The van der Waals surface area contributed by atoms with E-state index in [2.05, 4.69) is 10.1 Å². The van der Waals surface area contributed by atoms with Crippen LogP contribution in [0.25, 0.3) is 11.5 Å². The van der Waals surface area contributed by atoms with Crippen molar-refractivity contribution in [1.29, 1.82) is 0 Å². The molecule has 7 nitrogen and oxygen atoms in total. The fourth-order valence-corrected chi connectivity index (χ4v) is 2.99. The van der Waals surface area contributed by atoms with Crippen LogP contribution in [-0.2, 0) is 9.53 Å². The van der Waals surface area contributed by atoms with E-state index in [1.165, 1.54) is 0 Å². The maximum absolute atomic E-state index is 12.2. The summed E-state index contributed by atoms with van der Waals surface area (Å²) in [6, 6.07) is 7.56. The lowest BCUT2D eigenvalue weighted by atomic mass is 10.0. The zero-order valence-electron chi connectivity index (χ0n) is 13.5. The first-order valence-corrected chi connectivity index (χ1v) is 8.13. The number of aromatic nitrogens is 2. The number of nitrogens with zero attached hydrogens (tertiary/aromatic N) is 3. The molecule has 1 amide bonds. The van der Waals surface area contributed by atoms with Crippen molar-refractivity contribution < 1.29 is 18.8 Å². The van der Waals surface area contributed by atoms with E-state index >= 15 is 0 Å². The van der Waals surface area contributed by atoms with Gasteiger partial charge in [0.1, 0.15) is 11.9 Å². The van der Waals surface area contributed by atoms with Gasteiger partial charge in [-0.1, -0.05) is 11.2 Å². The lowest BCUT2D eigenvalue weighted by molar-refractivity contribution is -0.144. The highest BCUT2D eigenvalue weighted by atomic mass is 16.5. The molecule has 1 aromatic heterocycles. The minimum atomic E-state index is 0.0232. The number of rotatable bonds is 4. The van der Waals surface area contributed by atoms with Crippen molar-refractivity contribution in [2.45, 2.75) is 19.4 Å². The third-order valence-electron chi connectivity index (χ3n) is 4.35. The molecule has 0 bridgehead atoms. The minimum absolute atomic E-state index is 0.0232. The van der Waals surface area contributed by atoms with E-state index in [0.717, 1.165) is 17.7 Å². The van der Waals surface area contributed by atoms with Crippen molar-refractivity contribution in [3.63, 3.8) is 0 Å². The van der Waals surface area contributed by atoms with Crippen molar-refractivity contribution in [1.82, 2.24) is 15.0 Å². The number of amides is 1. The quantitative estimate of drug-likeness (QED) is 0.849. The maximum Gasteiger partial charge on any atom is 0.258 e. The van der Waals surface area contributed by atoms with E-state index in [9.17, 15) is 4.79 Å². The van der Waals surface area contributed by atoms with Gasteiger partial charge in [-0.25, -0.2) is 0 Å². The van der Waals surface area contributed by atoms with Crippen LogP contribution in [0.4, 0.5) is 0 Å². The molecule has 2 fully saturated rings. The Hall–Kier alpha value is -2.41. The molecule has 2 saturated heterocycles. The predicted molar refractivity (Wildman–Crippen MR) is 84.4 cm³/mol. The largest absolute Gasteiger partial charge is 0.487 e. The number of hydrogen-bond donors (Lipinski definition) is 0. The normalized spacial score (nSPS) is 20.9. The molecule has 0 saturated carbocycles. The molecule has 4 rings (SSSR count). The van der Waals surface area contributed by atoms with Crippen molar-refractivity contribution in [3.05, 3.63) is 30.1 Å². The van der Waals surface area contributed by atoms with Gasteiger partial charge >= 0.3 is 0 Å². The Morgan fingerprint density at radius 1 is 1.38 bits per heavy atom. The smallest absolute Gasteiger partial charge is 0.258 e. The van der Waals surface area contributed by atoms with Crippen molar-refractivity contribution in [2.24, 2.45) is 5.92 Å². The molecular formula is C17H19N3O4. The van der Waals surface area contributed by atoms with Gasteiger partial charge in [0.15, 0.2) is 5.82 Å². The lowest BCUT2D eigenvalue weighted by Crippen LogP contribution is -2.57. The predicted octanol–water partition coefficient (Wildman–Crippen LogP) is 1.67. The van der Waals surface area contributed by atoms with E-state index in [4.69, 9.17) is 14.0 Å². The first kappa shape index (κ1) is 15.1. The molecule has 0 N–H and O–H groups in total. The van der Waals surface area contributed by atoms with Gasteiger partial charge in [-0.05, 0) is 31.5 Å². The van der Waals surface area contributed by atoms with Crippen LogP contribution in [0.3, 0.4) is 0 Å². The maximum atomic E-state index is 12.2. The van der Waals surface area contributed by atoms with Crippen LogP contribution in [0.5, 0.6) is 5.75 Å². The summed E-state index contributed by atoms with van der Waals surface area (Å²) in [5.74, 6) is 2.02. The van der Waals surface area contributed by atoms with Gasteiger partial charge in [0, 0.05) is 12.2 Å². The van der Waals surface area contributed by atoms with Gasteiger partial charge in [-0.3, -0.25) is 4.79 Å². The van der Waals surface area contributed by atoms with Crippen molar-refractivity contribution in [3.8, 4) is 17.2 Å². The second-order valence-electron chi connectivity index (χ2n) is 6.22. The zero-order chi connectivity index (χ0) is 16.5. The third-order valence-corrected chi connectivity index (χ3v) is 4.35. The molecule has 2 aliphatic heterocycles. The van der Waals surface area contributed by atoms with E-state index in [1.807, 2.05) is 29.2 Å². The number of benzene rings is 1. The molecule has 0 radical (unpaired) electrons. The highest BCUT2D eigenvalue weighted by Gasteiger charge is 2.37. The van der Waals surface area contributed by atoms with Gasteiger partial charge in [-0.15, -0.1) is 0 Å². The number of carbonyl (C=O) groups is 1. The minimum Gasteiger partial charge on any atom is -0.487 e. The third kappa shape index (κ3) is 2.99. The van der Waals surface area contributed by atoms with E-state index < -0.39 is 0 Å². The second kappa shape index (κ2) is 6.24. The Kier molecular flexibility index (Phi) is 3.93. The molecule has 0 aliphatic carbocycles. The Balaban J connectivity index is 1.35. The van der Waals surface area contributed by atoms with Crippen LogP contribution in [0, 0.1) is 12.8 Å². The second-order valence-corrected chi connectivity index (χ2v) is 6.22. The van der Waals surface area contributed by atoms with Crippen LogP contribution >= 0.6 is 0 Å². The molecule has 1 unspecified atom stereocenters. The molecule has 2 aliphatic rings. The first-order valence-electron chi connectivity index (χ1n) is 8.13. The summed E-state index contributed by atoms with van der Waals surface area (Å²) in [5.41, 5.74) is 0.823. The molecule has 3 heterocycles. The van der Waals surface area contributed by atoms with Crippen molar-refractivity contribution in [2.75, 3.05) is 26.3 Å². The highest BCUT2D eigenvalue weighted by Crippen LogP contribution is 2.26. The highest BCUT2D eigenvalue weighted by molar-refractivity contribution is 5.80. The Morgan fingerprint density at radius 3 is 2.96 bits per heavy atom. The number of hydrogen-bond acceptors (Lipinski definition) is 6. The van der Waals surface area contributed by atoms with Crippen LogP contribution in [0.15, 0.2) is 28.8 Å². The monoisotopic (exact) mass is 329 g/mol. The molecule has 2 aromatic rings. The van der Waals surface area contributed by atoms with Crippen LogP contribution < -0.4 is 4.74 Å². The summed E-state index contributed by atoms with van der Waals surface area (Å²) in [7, 11) is 0. The fourth-order valence-electron chi connectivity index (χ4n) is 2.99. The Bertz CT molecular complexity index is 733. The summed E-state index contributed by atoms with van der Waals surface area (Å²) in [6.45, 7) is 4.26. The topological polar surface area (TPSA) is 77.7 Å². The van der Waals surface area contributed by atoms with Gasteiger partial charge < -0.3 is 18.9 Å². The van der Waals surface area contributed by atoms with Gasteiger partial charge in [0.25, 0.3) is 5.89 Å². The van der Waals surface area contributed by atoms with E-state index in [-0.39, 0.29) is 17.9 Å². The molecule has 1 aromatic carbocycles. The van der Waals surface area contributed by atoms with Crippen LogP contribution in [0.1, 0.15) is 12.2 Å². The van der Waals surface area contributed by atoms with E-state index in [0.29, 0.717) is 38.0 Å². The van der Waals surface area contributed by atoms with Gasteiger partial charge in [0.2, 0.25) is 5.91 Å². The van der Waals surface area contributed by atoms with Crippen molar-refractivity contribution >= 4 is 5.91 Å². The van der Waals surface area contributed by atoms with Gasteiger partial charge in [0.05, 0.1) is 25.6 Å². The molecule has 24 heavy (non-hydrogen) atoms. The first-order chi connectivity index (χ1) is 11.7. The van der Waals surface area contributed by atoms with Gasteiger partial charge in [-0.2, -0.15) is 4.98 Å². The number of ether oxygens (including phenoxy) is 2. The average molecular weight is 329 g/mol. The molecule has 7 heteroatoms. The molecule has 126 valence electrons. The summed E-state index contributed by atoms with van der Waals surface area (Å²) in [6.07, 6.45) is 0.850. The number of likely N-dealkylation sites (tertiary alicyclic amines) is 1. The molecule has 1 atom stereocenters. The van der Waals surface area contributed by atoms with E-state index in [1.54, 1.807) is 6.92 Å². The summed E-state index contributed by atoms with van der Waals surface area (Å²) >= 11 is 0. The van der Waals surface area contributed by atoms with Crippen LogP contribution in [0.2, 0.25) is 0 Å². The summed E-state index contributed by atoms with van der Waals surface area (Å²) in [4.78, 5) is 18.3. The SMILES string of the molecule is Cc1noc(-c2cccc(OC3CN(C(=O)C4CCOC4)C3)c2)n1. The zero-order valence-corrected chi connectivity index (χ0v) is 13.5. The standard InChI is InChI=1S/C17H19N3O4/c1-11-18-16(24-19-11)12-3-2-4-14(7-12)23-15-8-20(9-15)17(21)13-5-6-22-10-13/h2-4,7,13,15H,5-6,8-10H2,1H3. The molecule has 0 spiro atoms. The number of aryl methyl sites for hydroxylation is 1. The van der Waals surface area contributed by atoms with Crippen LogP contribution in [-0.4, -0.2) is 53.4 Å². The summed E-state index contributed by atoms with van der Waals surface area (Å²) in [5, 5.41) is 3.80. The summed E-state index contributed by atoms with van der Waals surface area (Å²) < 4.78 is 16.4. The molecular weight excluding hydrogens is 310 g/mol. The Morgan fingerprint density at radius 2 is 2.25 bits per heavy atom. The average Bonchev–Trinajstić information content (AvgIpc) is 3.21. The fraction of sp³-hybridized carbons (Fsp3) is 0.471. The lowest BCUT2D eigenvalue weighted by Gasteiger charge is -2.40.